The number of nitrogens with one attached hydrogen (secondary N) is 3. The summed E-state index contributed by atoms with van der Waals surface area (Å²) in [6, 6.07) is -1.27. The van der Waals surface area contributed by atoms with Crippen molar-refractivity contribution in [2.24, 2.45) is 22.7 Å². The molecule has 2 heterocycles. The van der Waals surface area contributed by atoms with Crippen LogP contribution in [0.3, 0.4) is 0 Å². The molecule has 11 nitrogen and oxygen atoms in total. The highest BCUT2D eigenvalue weighted by atomic mass is 19.4. The predicted molar refractivity (Wildman–Crippen MR) is 134 cm³/mol. The van der Waals surface area contributed by atoms with Crippen molar-refractivity contribution in [3.8, 4) is 5.88 Å². The fourth-order valence-corrected chi connectivity index (χ4v) is 5.40. The van der Waals surface area contributed by atoms with E-state index < -0.39 is 65.0 Å². The molecule has 1 saturated heterocycles. The van der Waals surface area contributed by atoms with E-state index in [0.717, 1.165) is 4.90 Å². The fraction of sp³-hybridized carbons (Fsp3) is 0.615. The first kappa shape index (κ1) is 30.8. The van der Waals surface area contributed by atoms with Gasteiger partial charge in [0.25, 0.3) is 5.91 Å². The van der Waals surface area contributed by atoms with Crippen LogP contribution in [-0.2, 0) is 30.4 Å². The predicted octanol–water partition coefficient (Wildman–Crippen LogP) is 0.706. The van der Waals surface area contributed by atoms with E-state index in [-0.39, 0.29) is 35.8 Å². The van der Waals surface area contributed by atoms with Gasteiger partial charge in [0.05, 0.1) is 0 Å². The highest BCUT2D eigenvalue weighted by molar-refractivity contribution is 6.38. The molecule has 2 aliphatic rings. The van der Waals surface area contributed by atoms with Crippen molar-refractivity contribution in [3.63, 3.8) is 0 Å². The molecule has 0 aromatic carbocycles. The van der Waals surface area contributed by atoms with Crippen LogP contribution in [-0.4, -0.2) is 82.3 Å². The Morgan fingerprint density at radius 2 is 1.77 bits per heavy atom. The van der Waals surface area contributed by atoms with E-state index in [1.807, 2.05) is 13.8 Å². The van der Waals surface area contributed by atoms with Gasteiger partial charge in [-0.2, -0.15) is 13.2 Å². The maximum absolute atomic E-state index is 13.7. The van der Waals surface area contributed by atoms with Gasteiger partial charge < -0.3 is 26.0 Å². The fourth-order valence-electron chi connectivity index (χ4n) is 5.40. The second kappa shape index (κ2) is 10.7. The molecule has 14 heteroatoms. The third-order valence-corrected chi connectivity index (χ3v) is 7.78. The van der Waals surface area contributed by atoms with Gasteiger partial charge in [-0.25, -0.2) is 4.98 Å². The number of hydrogen-bond acceptors (Lipinski definition) is 7. The summed E-state index contributed by atoms with van der Waals surface area (Å²) in [5, 5.41) is 16.6. The second-order valence-electron chi connectivity index (χ2n) is 11.9. The lowest BCUT2D eigenvalue weighted by molar-refractivity contribution is -0.176. The number of pyridine rings is 1. The van der Waals surface area contributed by atoms with Crippen molar-refractivity contribution in [1.82, 2.24) is 25.8 Å². The molecular formula is C26H34F3N5O6. The van der Waals surface area contributed by atoms with Crippen molar-refractivity contribution in [3.05, 3.63) is 23.9 Å². The number of piperidine rings is 1. The highest BCUT2D eigenvalue weighted by Gasteiger charge is 2.70. The number of rotatable bonds is 8. The largest absolute Gasteiger partial charge is 0.493 e. The lowest BCUT2D eigenvalue weighted by atomic mass is 9.85. The number of Topliss-reactive ketones (excluding diaryl/α,β-unsaturated/α-hetero) is 1. The standard InChI is InChI=1S/C26H34F3N5O6/c1-24(2,3)18(33-23(40)26(27,28)29)22(39)34-11-13-15(25(13,4)5)16(34)20(37)32-14(17(35)21(38)30-6)10-12-8-7-9-31-19(12)36/h7-9,13-16,18H,10-11H2,1-6H3,(H,30,38)(H,31,36)(H,32,37)(H,33,40)/t13-,14?,15-,16-,18?/m0/s1. The number of likely N-dealkylation sites (tertiary alicyclic amines) is 1. The Kier molecular flexibility index (Phi) is 8.24. The van der Waals surface area contributed by atoms with Crippen LogP contribution in [0.1, 0.15) is 40.2 Å². The summed E-state index contributed by atoms with van der Waals surface area (Å²) in [6.07, 6.45) is -4.20. The minimum absolute atomic E-state index is 0.0561. The number of alkyl halides is 3. The van der Waals surface area contributed by atoms with Crippen LogP contribution in [0.15, 0.2) is 18.3 Å². The zero-order chi connectivity index (χ0) is 30.4. The number of aromatic hydroxyl groups is 1. The normalized spacial score (nSPS) is 22.9. The molecule has 0 spiro atoms. The summed E-state index contributed by atoms with van der Waals surface area (Å²) >= 11 is 0. The third-order valence-electron chi connectivity index (χ3n) is 7.78. The highest BCUT2D eigenvalue weighted by Crippen LogP contribution is 2.65. The Morgan fingerprint density at radius 1 is 1.15 bits per heavy atom. The van der Waals surface area contributed by atoms with Crippen LogP contribution < -0.4 is 16.0 Å². The van der Waals surface area contributed by atoms with Crippen molar-refractivity contribution >= 4 is 29.4 Å². The van der Waals surface area contributed by atoms with Crippen LogP contribution in [0.4, 0.5) is 13.2 Å². The van der Waals surface area contributed by atoms with E-state index in [1.165, 1.54) is 46.1 Å². The Bertz CT molecular complexity index is 1210. The molecule has 3 rings (SSSR count). The van der Waals surface area contributed by atoms with E-state index in [0.29, 0.717) is 0 Å². The summed E-state index contributed by atoms with van der Waals surface area (Å²) in [7, 11) is 1.23. The lowest BCUT2D eigenvalue weighted by Gasteiger charge is -2.38. The number of likely N-dealkylation sites (N-methyl/N-ethyl adjacent to an activating group) is 1. The van der Waals surface area contributed by atoms with Crippen LogP contribution in [0.2, 0.25) is 0 Å². The van der Waals surface area contributed by atoms with Crippen LogP contribution in [0.25, 0.3) is 0 Å². The van der Waals surface area contributed by atoms with Gasteiger partial charge in [0, 0.05) is 31.8 Å². The van der Waals surface area contributed by atoms with Crippen molar-refractivity contribution < 1.29 is 42.3 Å². The number of carbonyl (C=O) groups excluding carboxylic acids is 5. The molecule has 2 unspecified atom stereocenters. The summed E-state index contributed by atoms with van der Waals surface area (Å²) in [4.78, 5) is 69.0. The number of amides is 4. The molecule has 1 aliphatic carbocycles. The number of hydrogen-bond donors (Lipinski definition) is 4. The first-order valence-electron chi connectivity index (χ1n) is 12.7. The smallest absolute Gasteiger partial charge is 0.471 e. The maximum Gasteiger partial charge on any atom is 0.471 e. The third kappa shape index (κ3) is 6.04. The quantitative estimate of drug-likeness (QED) is 0.336. The number of ketones is 1. The van der Waals surface area contributed by atoms with Gasteiger partial charge >= 0.3 is 12.1 Å². The molecule has 2 fully saturated rings. The number of aromatic nitrogens is 1. The second-order valence-corrected chi connectivity index (χ2v) is 11.9. The Hall–Kier alpha value is -3.71. The summed E-state index contributed by atoms with van der Waals surface area (Å²) < 4.78 is 39.1. The van der Waals surface area contributed by atoms with Crippen molar-refractivity contribution in [2.45, 2.75) is 65.3 Å². The summed E-state index contributed by atoms with van der Waals surface area (Å²) in [5.41, 5.74) is -1.35. The summed E-state index contributed by atoms with van der Waals surface area (Å²) in [6.45, 7) is 8.29. The molecule has 1 aromatic rings. The molecule has 5 atom stereocenters. The molecule has 4 N–H and O–H groups in total. The van der Waals surface area contributed by atoms with Gasteiger partial charge in [-0.3, -0.25) is 24.0 Å². The van der Waals surface area contributed by atoms with E-state index in [1.54, 1.807) is 5.32 Å². The molecule has 40 heavy (non-hydrogen) atoms. The monoisotopic (exact) mass is 569 g/mol. The Balaban J connectivity index is 1.93. The van der Waals surface area contributed by atoms with Crippen LogP contribution >= 0.6 is 0 Å². The van der Waals surface area contributed by atoms with Gasteiger partial charge in [-0.1, -0.05) is 40.7 Å². The van der Waals surface area contributed by atoms with E-state index >= 15 is 0 Å². The van der Waals surface area contributed by atoms with Crippen molar-refractivity contribution in [2.75, 3.05) is 13.6 Å². The number of fused-ring (bicyclic) bond motifs is 1. The minimum Gasteiger partial charge on any atom is -0.493 e. The molecule has 1 aromatic heterocycles. The van der Waals surface area contributed by atoms with Gasteiger partial charge in [-0.15, -0.1) is 0 Å². The van der Waals surface area contributed by atoms with E-state index in [4.69, 9.17) is 0 Å². The molecular weight excluding hydrogens is 535 g/mol. The molecule has 1 aliphatic heterocycles. The summed E-state index contributed by atoms with van der Waals surface area (Å²) in [5.74, 6) is -6.87. The topological polar surface area (TPSA) is 158 Å². The SMILES string of the molecule is CNC(=O)C(=O)C(Cc1cccnc1O)NC(=O)[C@@H]1[C@@H]2[C@H](CN1C(=O)C(NC(=O)C(F)(F)F)C(C)(C)C)C2(C)C. The zero-order valence-corrected chi connectivity index (χ0v) is 23.0. The molecule has 0 radical (unpaired) electrons. The first-order chi connectivity index (χ1) is 18.3. The Labute approximate surface area is 229 Å². The molecule has 220 valence electrons. The maximum atomic E-state index is 13.7. The number of nitrogens with zero attached hydrogens (tertiary/aromatic N) is 2. The Morgan fingerprint density at radius 3 is 2.30 bits per heavy atom. The van der Waals surface area contributed by atoms with Crippen LogP contribution in [0, 0.1) is 22.7 Å². The van der Waals surface area contributed by atoms with Crippen molar-refractivity contribution in [1.29, 1.82) is 0 Å². The molecule has 1 saturated carbocycles. The number of halogens is 3. The average Bonchev–Trinajstić information content (AvgIpc) is 3.17. The van der Waals surface area contributed by atoms with Gasteiger partial charge in [0.15, 0.2) is 0 Å². The number of carbonyl (C=O) groups is 5. The zero-order valence-electron chi connectivity index (χ0n) is 23.0. The molecule has 0 bridgehead atoms. The van der Waals surface area contributed by atoms with Gasteiger partial charge in [0.1, 0.15) is 18.1 Å². The molecule has 4 amide bonds. The van der Waals surface area contributed by atoms with E-state index in [9.17, 15) is 42.3 Å². The van der Waals surface area contributed by atoms with Gasteiger partial charge in [0.2, 0.25) is 23.5 Å². The van der Waals surface area contributed by atoms with Crippen LogP contribution in [0.5, 0.6) is 5.88 Å². The van der Waals surface area contributed by atoms with Gasteiger partial charge in [-0.05, 0) is 28.7 Å². The average molecular weight is 570 g/mol. The first-order valence-corrected chi connectivity index (χ1v) is 12.7. The minimum atomic E-state index is -5.22. The van der Waals surface area contributed by atoms with E-state index in [2.05, 4.69) is 15.6 Å². The lowest BCUT2D eigenvalue weighted by Crippen LogP contribution is -2.61.